The summed E-state index contributed by atoms with van der Waals surface area (Å²) in [5.41, 5.74) is 10.1. The molecule has 148 valence electrons. The van der Waals surface area contributed by atoms with Gasteiger partial charge >= 0.3 is 12.0 Å². The lowest BCUT2D eigenvalue weighted by Gasteiger charge is -2.13. The minimum Gasteiger partial charge on any atom is -0.493 e. The van der Waals surface area contributed by atoms with Crippen molar-refractivity contribution in [3.05, 3.63) is 59.2 Å². The number of hydrogen-bond donors (Lipinski definition) is 2. The maximum atomic E-state index is 11.5. The average molecular weight is 385 g/mol. The number of esters is 1. The summed E-state index contributed by atoms with van der Waals surface area (Å²) in [5.74, 6) is 0.703. The van der Waals surface area contributed by atoms with Gasteiger partial charge < -0.3 is 19.9 Å². The third-order valence-corrected chi connectivity index (χ3v) is 3.90. The SMILES string of the molecule is CCC(=NNC(N)=O)c1ccc(OCc2ccc(C(=O)OC)cc2)c(OC)c1. The first kappa shape index (κ1) is 20.8. The van der Waals surface area contributed by atoms with Gasteiger partial charge in [0.05, 0.1) is 25.5 Å². The number of hydrogen-bond acceptors (Lipinski definition) is 6. The fourth-order valence-corrected chi connectivity index (χ4v) is 2.45. The molecule has 28 heavy (non-hydrogen) atoms. The Hall–Kier alpha value is -3.55. The van der Waals surface area contributed by atoms with E-state index >= 15 is 0 Å². The van der Waals surface area contributed by atoms with Crippen LogP contribution in [0, 0.1) is 0 Å². The molecular weight excluding hydrogens is 362 g/mol. The van der Waals surface area contributed by atoms with Gasteiger partial charge in [0.25, 0.3) is 0 Å². The Morgan fingerprint density at radius 1 is 1.04 bits per heavy atom. The molecule has 0 fully saturated rings. The molecule has 0 aromatic heterocycles. The van der Waals surface area contributed by atoms with Crippen LogP contribution in [0.1, 0.15) is 34.8 Å². The van der Waals surface area contributed by atoms with E-state index in [0.717, 1.165) is 11.1 Å². The number of rotatable bonds is 8. The maximum Gasteiger partial charge on any atom is 0.337 e. The first-order valence-electron chi connectivity index (χ1n) is 8.59. The lowest BCUT2D eigenvalue weighted by molar-refractivity contribution is 0.0600. The van der Waals surface area contributed by atoms with Crippen LogP contribution in [0.4, 0.5) is 4.79 Å². The number of methoxy groups -OCH3 is 2. The van der Waals surface area contributed by atoms with E-state index in [1.165, 1.54) is 7.11 Å². The quantitative estimate of drug-likeness (QED) is 0.412. The predicted octanol–water partition coefficient (Wildman–Crippen LogP) is 2.84. The van der Waals surface area contributed by atoms with Crippen LogP contribution >= 0.6 is 0 Å². The van der Waals surface area contributed by atoms with Crippen molar-refractivity contribution in [3.63, 3.8) is 0 Å². The van der Waals surface area contributed by atoms with Crippen LogP contribution in [-0.4, -0.2) is 31.9 Å². The highest BCUT2D eigenvalue weighted by molar-refractivity contribution is 6.01. The lowest BCUT2D eigenvalue weighted by Crippen LogP contribution is -2.25. The monoisotopic (exact) mass is 385 g/mol. The van der Waals surface area contributed by atoms with Gasteiger partial charge in [-0.2, -0.15) is 5.10 Å². The van der Waals surface area contributed by atoms with Crippen molar-refractivity contribution in [1.29, 1.82) is 0 Å². The Labute approximate surface area is 163 Å². The molecular formula is C20H23N3O5. The zero-order valence-electron chi connectivity index (χ0n) is 16.0. The van der Waals surface area contributed by atoms with Crippen molar-refractivity contribution >= 4 is 17.7 Å². The molecule has 8 nitrogen and oxygen atoms in total. The summed E-state index contributed by atoms with van der Waals surface area (Å²) in [6.45, 7) is 2.21. The molecule has 2 aromatic rings. The van der Waals surface area contributed by atoms with Gasteiger partial charge in [0, 0.05) is 5.56 Å². The molecule has 0 aliphatic rings. The Kier molecular flexibility index (Phi) is 7.38. The molecule has 0 saturated heterocycles. The van der Waals surface area contributed by atoms with Crippen LogP contribution in [0.5, 0.6) is 11.5 Å². The first-order valence-corrected chi connectivity index (χ1v) is 8.59. The van der Waals surface area contributed by atoms with Crippen molar-refractivity contribution in [3.8, 4) is 11.5 Å². The van der Waals surface area contributed by atoms with E-state index in [9.17, 15) is 9.59 Å². The number of hydrazone groups is 1. The molecule has 0 unspecified atom stereocenters. The van der Waals surface area contributed by atoms with E-state index in [2.05, 4.69) is 15.3 Å². The summed E-state index contributed by atoms with van der Waals surface area (Å²) in [7, 11) is 2.88. The van der Waals surface area contributed by atoms with E-state index in [-0.39, 0.29) is 5.97 Å². The fourth-order valence-electron chi connectivity index (χ4n) is 2.45. The van der Waals surface area contributed by atoms with Crippen molar-refractivity contribution in [2.24, 2.45) is 10.8 Å². The summed E-state index contributed by atoms with van der Waals surface area (Å²) in [6, 6.07) is 11.6. The molecule has 2 rings (SSSR count). The number of carbonyl (C=O) groups excluding carboxylic acids is 2. The van der Waals surface area contributed by atoms with Crippen LogP contribution in [0.25, 0.3) is 0 Å². The van der Waals surface area contributed by atoms with Crippen LogP contribution < -0.4 is 20.6 Å². The maximum absolute atomic E-state index is 11.5. The Morgan fingerprint density at radius 3 is 2.29 bits per heavy atom. The normalized spacial score (nSPS) is 10.9. The third kappa shape index (κ3) is 5.47. The predicted molar refractivity (Wildman–Crippen MR) is 105 cm³/mol. The molecule has 2 aromatic carbocycles. The second-order valence-corrected chi connectivity index (χ2v) is 5.73. The second-order valence-electron chi connectivity index (χ2n) is 5.73. The summed E-state index contributed by atoms with van der Waals surface area (Å²) in [5, 5.41) is 4.00. The Morgan fingerprint density at radius 2 is 1.71 bits per heavy atom. The van der Waals surface area contributed by atoms with Crippen LogP contribution in [-0.2, 0) is 11.3 Å². The van der Waals surface area contributed by atoms with E-state index in [1.807, 2.05) is 13.0 Å². The van der Waals surface area contributed by atoms with Crippen LogP contribution in [0.15, 0.2) is 47.6 Å². The highest BCUT2D eigenvalue weighted by atomic mass is 16.5. The molecule has 0 bridgehead atoms. The third-order valence-electron chi connectivity index (χ3n) is 3.90. The number of nitrogens with one attached hydrogen (secondary N) is 1. The van der Waals surface area contributed by atoms with Gasteiger partial charge in [-0.3, -0.25) is 0 Å². The molecule has 8 heteroatoms. The topological polar surface area (TPSA) is 112 Å². The average Bonchev–Trinajstić information content (AvgIpc) is 2.72. The molecule has 0 aliphatic carbocycles. The molecule has 0 heterocycles. The van der Waals surface area contributed by atoms with Crippen LogP contribution in [0.2, 0.25) is 0 Å². The smallest absolute Gasteiger partial charge is 0.337 e. The van der Waals surface area contributed by atoms with Gasteiger partial charge in [0.1, 0.15) is 6.61 Å². The van der Waals surface area contributed by atoms with Crippen molar-refractivity contribution in [2.75, 3.05) is 14.2 Å². The number of urea groups is 1. The van der Waals surface area contributed by atoms with Crippen molar-refractivity contribution < 1.29 is 23.8 Å². The highest BCUT2D eigenvalue weighted by Crippen LogP contribution is 2.29. The molecule has 0 spiro atoms. The molecule has 0 aliphatic heterocycles. The largest absolute Gasteiger partial charge is 0.493 e. The summed E-state index contributed by atoms with van der Waals surface area (Å²) < 4.78 is 15.9. The molecule has 0 atom stereocenters. The molecule has 3 N–H and O–H groups in total. The van der Waals surface area contributed by atoms with Gasteiger partial charge in [-0.25, -0.2) is 15.0 Å². The zero-order chi connectivity index (χ0) is 20.5. The van der Waals surface area contributed by atoms with Gasteiger partial charge in [0.2, 0.25) is 0 Å². The van der Waals surface area contributed by atoms with Gasteiger partial charge in [-0.05, 0) is 42.3 Å². The molecule has 2 amide bonds. The highest BCUT2D eigenvalue weighted by Gasteiger charge is 2.10. The first-order chi connectivity index (χ1) is 13.5. The summed E-state index contributed by atoms with van der Waals surface area (Å²) >= 11 is 0. The summed E-state index contributed by atoms with van der Waals surface area (Å²) in [6.07, 6.45) is 0.593. The van der Waals surface area contributed by atoms with Gasteiger partial charge in [-0.1, -0.05) is 19.1 Å². The standard InChI is InChI=1S/C20H23N3O5/c1-4-16(22-23-20(21)25)15-9-10-17(18(11-15)26-2)28-12-13-5-7-14(8-6-13)19(24)27-3/h5-11H,4,12H2,1-3H3,(H3,21,23,25). The van der Waals surface area contributed by atoms with Crippen LogP contribution in [0.3, 0.4) is 0 Å². The molecule has 0 radical (unpaired) electrons. The number of ether oxygens (including phenoxy) is 3. The van der Waals surface area contributed by atoms with Crippen molar-refractivity contribution in [1.82, 2.24) is 5.43 Å². The number of nitrogens with two attached hydrogens (primary N) is 1. The minimum atomic E-state index is -0.726. The number of nitrogens with zero attached hydrogens (tertiary/aromatic N) is 1. The number of primary amides is 1. The minimum absolute atomic E-state index is 0.301. The van der Waals surface area contributed by atoms with E-state index in [1.54, 1.807) is 43.5 Å². The number of benzene rings is 2. The van der Waals surface area contributed by atoms with Gasteiger partial charge in [-0.15, -0.1) is 0 Å². The number of carbonyl (C=O) groups is 2. The van der Waals surface area contributed by atoms with E-state index < -0.39 is 6.03 Å². The number of amides is 2. The van der Waals surface area contributed by atoms with E-state index in [4.69, 9.17) is 15.2 Å². The lowest BCUT2D eigenvalue weighted by atomic mass is 10.1. The van der Waals surface area contributed by atoms with Gasteiger partial charge in [0.15, 0.2) is 11.5 Å². The summed E-state index contributed by atoms with van der Waals surface area (Å²) in [4.78, 5) is 22.3. The van der Waals surface area contributed by atoms with E-state index in [0.29, 0.717) is 35.8 Å². The van der Waals surface area contributed by atoms with Crippen molar-refractivity contribution in [2.45, 2.75) is 20.0 Å². The second kappa shape index (κ2) is 9.96. The molecule has 0 saturated carbocycles. The fraction of sp³-hybridized carbons (Fsp3) is 0.250. The Balaban J connectivity index is 2.12. The zero-order valence-corrected chi connectivity index (χ0v) is 16.0. The Bertz CT molecular complexity index is 863.